The maximum absolute atomic E-state index is 5.44. The van der Waals surface area contributed by atoms with Gasteiger partial charge in [-0.05, 0) is 39.3 Å². The Bertz CT molecular complexity index is 447. The number of hydrogen-bond acceptors (Lipinski definition) is 6. The molecular weight excluding hydrogens is 284 g/mol. The van der Waals surface area contributed by atoms with Crippen molar-refractivity contribution in [1.82, 2.24) is 14.3 Å². The minimum absolute atomic E-state index is 0.499. The first-order valence-corrected chi connectivity index (χ1v) is 8.91. The van der Waals surface area contributed by atoms with Crippen LogP contribution in [0.2, 0.25) is 0 Å². The molecule has 0 N–H and O–H groups in total. The Hall–Kier alpha value is -0.720. The Morgan fingerprint density at radius 1 is 1.29 bits per heavy atom. The number of aromatic nitrogens is 2. The zero-order chi connectivity index (χ0) is 14.7. The van der Waals surface area contributed by atoms with Crippen LogP contribution in [0.4, 0.5) is 5.13 Å². The van der Waals surface area contributed by atoms with Gasteiger partial charge in [-0.3, -0.25) is 0 Å². The van der Waals surface area contributed by atoms with Gasteiger partial charge in [-0.25, -0.2) is 4.98 Å². The minimum atomic E-state index is 0.499. The fraction of sp³-hybridized carbons (Fsp3) is 0.867. The van der Waals surface area contributed by atoms with Crippen molar-refractivity contribution in [2.24, 2.45) is 0 Å². The molecule has 2 aliphatic heterocycles. The summed E-state index contributed by atoms with van der Waals surface area (Å²) in [5.41, 5.74) is 0. The SMILES string of the molecule is CCC1CN(C)CCCN1c1nc(C2CCOCC2)ns1. The van der Waals surface area contributed by atoms with Crippen LogP contribution in [0.25, 0.3) is 0 Å². The second kappa shape index (κ2) is 7.03. The van der Waals surface area contributed by atoms with Gasteiger partial charge >= 0.3 is 0 Å². The third-order valence-electron chi connectivity index (χ3n) is 4.64. The minimum Gasteiger partial charge on any atom is -0.381 e. The highest BCUT2D eigenvalue weighted by molar-refractivity contribution is 7.09. The molecule has 1 atom stereocenters. The summed E-state index contributed by atoms with van der Waals surface area (Å²) >= 11 is 1.58. The van der Waals surface area contributed by atoms with Gasteiger partial charge in [0.2, 0.25) is 5.13 Å². The molecule has 2 aliphatic rings. The standard InChI is InChI=1S/C15H26N4OS/c1-3-13-11-18(2)7-4-8-19(13)15-16-14(17-21-15)12-5-9-20-10-6-12/h12-13H,3-11H2,1-2H3. The van der Waals surface area contributed by atoms with Crippen LogP contribution >= 0.6 is 11.5 Å². The van der Waals surface area contributed by atoms with E-state index in [0.29, 0.717) is 12.0 Å². The second-order valence-electron chi connectivity index (χ2n) is 6.19. The number of hydrogen-bond donors (Lipinski definition) is 0. The molecule has 0 radical (unpaired) electrons. The van der Waals surface area contributed by atoms with Crippen LogP contribution in [0.1, 0.15) is 44.3 Å². The molecule has 2 saturated heterocycles. The van der Waals surface area contributed by atoms with E-state index in [1.165, 1.54) is 13.0 Å². The van der Waals surface area contributed by atoms with Gasteiger partial charge in [0.15, 0.2) is 0 Å². The van der Waals surface area contributed by atoms with Gasteiger partial charge in [-0.2, -0.15) is 4.37 Å². The van der Waals surface area contributed by atoms with Crippen LogP contribution in [0.15, 0.2) is 0 Å². The molecule has 5 nitrogen and oxygen atoms in total. The van der Waals surface area contributed by atoms with E-state index in [1.807, 2.05) is 0 Å². The van der Waals surface area contributed by atoms with Crippen LogP contribution in [0.3, 0.4) is 0 Å². The van der Waals surface area contributed by atoms with Crippen molar-refractivity contribution in [2.75, 3.05) is 44.8 Å². The van der Waals surface area contributed by atoms with Crippen molar-refractivity contribution in [3.63, 3.8) is 0 Å². The maximum atomic E-state index is 5.44. The first-order chi connectivity index (χ1) is 10.3. The molecule has 0 amide bonds. The zero-order valence-electron chi connectivity index (χ0n) is 13.1. The average molecular weight is 310 g/mol. The Morgan fingerprint density at radius 2 is 2.10 bits per heavy atom. The lowest BCUT2D eigenvalue weighted by atomic mass is 10.00. The number of ether oxygens (including phenoxy) is 1. The monoisotopic (exact) mass is 310 g/mol. The topological polar surface area (TPSA) is 41.5 Å². The predicted octanol–water partition coefficient (Wildman–Crippen LogP) is 2.35. The van der Waals surface area contributed by atoms with Crippen molar-refractivity contribution in [2.45, 2.75) is 44.6 Å². The molecule has 2 fully saturated rings. The van der Waals surface area contributed by atoms with Gasteiger partial charge in [0.1, 0.15) is 5.82 Å². The summed E-state index contributed by atoms with van der Waals surface area (Å²) in [7, 11) is 2.22. The molecule has 118 valence electrons. The highest BCUT2D eigenvalue weighted by atomic mass is 32.1. The summed E-state index contributed by atoms with van der Waals surface area (Å²) in [5.74, 6) is 1.55. The van der Waals surface area contributed by atoms with Crippen LogP contribution in [0, 0.1) is 0 Å². The first-order valence-electron chi connectivity index (χ1n) is 8.14. The molecule has 0 aliphatic carbocycles. The largest absolute Gasteiger partial charge is 0.381 e. The molecule has 3 rings (SSSR count). The van der Waals surface area contributed by atoms with E-state index in [2.05, 4.69) is 28.1 Å². The van der Waals surface area contributed by atoms with E-state index >= 15 is 0 Å². The molecule has 6 heteroatoms. The summed E-state index contributed by atoms with van der Waals surface area (Å²) < 4.78 is 10.1. The van der Waals surface area contributed by atoms with Crippen LogP contribution < -0.4 is 4.90 Å². The van der Waals surface area contributed by atoms with Gasteiger partial charge in [0.25, 0.3) is 0 Å². The zero-order valence-corrected chi connectivity index (χ0v) is 13.9. The van der Waals surface area contributed by atoms with Crippen LogP contribution in [-0.2, 0) is 4.74 Å². The molecule has 0 saturated carbocycles. The van der Waals surface area contributed by atoms with Gasteiger partial charge < -0.3 is 14.5 Å². The number of anilines is 1. The third kappa shape index (κ3) is 3.55. The molecule has 21 heavy (non-hydrogen) atoms. The van der Waals surface area contributed by atoms with E-state index in [0.717, 1.165) is 56.5 Å². The van der Waals surface area contributed by atoms with Crippen molar-refractivity contribution >= 4 is 16.7 Å². The summed E-state index contributed by atoms with van der Waals surface area (Å²) in [6, 6.07) is 0.563. The van der Waals surface area contributed by atoms with Crippen molar-refractivity contribution in [3.05, 3.63) is 5.82 Å². The number of likely N-dealkylation sites (N-methyl/N-ethyl adjacent to an activating group) is 1. The Kier molecular flexibility index (Phi) is 5.08. The second-order valence-corrected chi connectivity index (χ2v) is 6.92. The van der Waals surface area contributed by atoms with Crippen molar-refractivity contribution in [1.29, 1.82) is 0 Å². The summed E-state index contributed by atoms with van der Waals surface area (Å²) in [6.07, 6.45) is 4.50. The molecule has 1 aromatic rings. The van der Waals surface area contributed by atoms with Crippen molar-refractivity contribution in [3.8, 4) is 0 Å². The number of rotatable bonds is 3. The molecule has 0 bridgehead atoms. The van der Waals surface area contributed by atoms with Crippen LogP contribution in [0.5, 0.6) is 0 Å². The van der Waals surface area contributed by atoms with Gasteiger partial charge in [-0.15, -0.1) is 0 Å². The van der Waals surface area contributed by atoms with Gasteiger partial charge in [0, 0.05) is 49.8 Å². The molecule has 1 unspecified atom stereocenters. The van der Waals surface area contributed by atoms with E-state index in [4.69, 9.17) is 9.72 Å². The van der Waals surface area contributed by atoms with Crippen LogP contribution in [-0.4, -0.2) is 60.2 Å². The fourth-order valence-corrected chi connectivity index (χ4v) is 4.15. The summed E-state index contributed by atoms with van der Waals surface area (Å²) in [6.45, 7) is 7.39. The fourth-order valence-electron chi connectivity index (χ4n) is 3.31. The first kappa shape index (κ1) is 15.2. The predicted molar refractivity (Wildman–Crippen MR) is 86.2 cm³/mol. The van der Waals surface area contributed by atoms with E-state index < -0.39 is 0 Å². The third-order valence-corrected chi connectivity index (χ3v) is 5.40. The van der Waals surface area contributed by atoms with Gasteiger partial charge in [0.05, 0.1) is 0 Å². The highest BCUT2D eigenvalue weighted by Crippen LogP contribution is 2.30. The number of nitrogens with zero attached hydrogens (tertiary/aromatic N) is 4. The molecule has 1 aromatic heterocycles. The Morgan fingerprint density at radius 3 is 2.86 bits per heavy atom. The quantitative estimate of drug-likeness (QED) is 0.857. The van der Waals surface area contributed by atoms with Gasteiger partial charge in [-0.1, -0.05) is 6.92 Å². The lowest BCUT2D eigenvalue weighted by Gasteiger charge is -2.29. The Balaban J connectivity index is 1.74. The molecule has 0 spiro atoms. The lowest BCUT2D eigenvalue weighted by molar-refractivity contribution is 0.0838. The Labute approximate surface area is 131 Å². The van der Waals surface area contributed by atoms with E-state index in [9.17, 15) is 0 Å². The lowest BCUT2D eigenvalue weighted by Crippen LogP contribution is -2.39. The maximum Gasteiger partial charge on any atom is 0.205 e. The molecule has 3 heterocycles. The highest BCUT2D eigenvalue weighted by Gasteiger charge is 2.27. The summed E-state index contributed by atoms with van der Waals surface area (Å²) in [5, 5.41) is 1.12. The van der Waals surface area contributed by atoms with E-state index in [-0.39, 0.29) is 0 Å². The summed E-state index contributed by atoms with van der Waals surface area (Å²) in [4.78, 5) is 9.81. The van der Waals surface area contributed by atoms with E-state index in [1.54, 1.807) is 11.5 Å². The molecular formula is C15H26N4OS. The average Bonchev–Trinajstić information content (AvgIpc) is 2.92. The van der Waals surface area contributed by atoms with Crippen molar-refractivity contribution < 1.29 is 4.74 Å². The molecule has 0 aromatic carbocycles. The smallest absolute Gasteiger partial charge is 0.205 e. The normalized spacial score (nSPS) is 26.0.